The molecule has 0 spiro atoms. The molecule has 0 aliphatic heterocycles. The first-order valence-corrected chi connectivity index (χ1v) is 8.52. The Hall–Kier alpha value is -2.85. The van der Waals surface area contributed by atoms with Crippen molar-refractivity contribution in [3.63, 3.8) is 0 Å². The number of aromatic hydroxyl groups is 1. The first kappa shape index (κ1) is 14.7. The van der Waals surface area contributed by atoms with Gasteiger partial charge in [0, 0.05) is 10.9 Å². The number of hydrogen-bond acceptors (Lipinski definition) is 3. The lowest BCUT2D eigenvalue weighted by atomic mass is 10.00. The Labute approximate surface area is 142 Å². The second-order valence-electron chi connectivity index (χ2n) is 5.72. The van der Waals surface area contributed by atoms with Crippen LogP contribution < -0.4 is 5.56 Å². The first-order chi connectivity index (χ1) is 11.6. The zero-order valence-corrected chi connectivity index (χ0v) is 13.9. The minimum Gasteiger partial charge on any atom is -0.507 e. The highest BCUT2D eigenvalue weighted by molar-refractivity contribution is 7.17. The van der Waals surface area contributed by atoms with E-state index in [0.717, 1.165) is 16.7 Å². The van der Waals surface area contributed by atoms with Crippen LogP contribution in [0.25, 0.3) is 32.5 Å². The average Bonchev–Trinajstić information content (AvgIpc) is 3.04. The maximum Gasteiger partial charge on any atom is 0.255 e. The largest absolute Gasteiger partial charge is 0.507 e. The van der Waals surface area contributed by atoms with Gasteiger partial charge in [-0.25, -0.2) is 0 Å². The van der Waals surface area contributed by atoms with Crippen molar-refractivity contribution in [3.8, 4) is 28.0 Å². The molecule has 24 heavy (non-hydrogen) atoms. The second kappa shape index (κ2) is 5.65. The van der Waals surface area contributed by atoms with E-state index in [1.54, 1.807) is 6.92 Å². The van der Waals surface area contributed by atoms with Crippen molar-refractivity contribution in [1.82, 2.24) is 4.98 Å². The van der Waals surface area contributed by atoms with E-state index in [1.165, 1.54) is 16.9 Å². The molecule has 118 valence electrons. The minimum absolute atomic E-state index is 0.0668. The van der Waals surface area contributed by atoms with E-state index in [-0.39, 0.29) is 11.3 Å². The molecule has 0 bridgehead atoms. The fraction of sp³-hybridized carbons (Fsp3) is 0.0500. The molecule has 0 radical (unpaired) electrons. The molecule has 2 heterocycles. The minimum atomic E-state index is -0.243. The number of thiophene rings is 1. The summed E-state index contributed by atoms with van der Waals surface area (Å²) in [6, 6.07) is 18.4. The topological polar surface area (TPSA) is 53.1 Å². The third-order valence-electron chi connectivity index (χ3n) is 4.25. The monoisotopic (exact) mass is 333 g/mol. The van der Waals surface area contributed by atoms with Crippen LogP contribution in [0.5, 0.6) is 5.75 Å². The second-order valence-corrected chi connectivity index (χ2v) is 6.60. The maximum atomic E-state index is 11.8. The summed E-state index contributed by atoms with van der Waals surface area (Å²) in [6.07, 6.45) is 0. The van der Waals surface area contributed by atoms with Crippen molar-refractivity contribution in [3.05, 3.63) is 75.9 Å². The van der Waals surface area contributed by atoms with E-state index in [9.17, 15) is 9.90 Å². The van der Waals surface area contributed by atoms with Gasteiger partial charge in [0.25, 0.3) is 5.56 Å². The van der Waals surface area contributed by atoms with Crippen molar-refractivity contribution in [2.24, 2.45) is 0 Å². The molecule has 4 heteroatoms. The predicted octanol–water partition coefficient (Wildman–Crippen LogP) is 4.94. The van der Waals surface area contributed by atoms with E-state index in [4.69, 9.17) is 0 Å². The Balaban J connectivity index is 1.84. The lowest BCUT2D eigenvalue weighted by Gasteiger charge is -2.06. The molecule has 0 fully saturated rings. The molecule has 2 N–H and O–H groups in total. The molecule has 4 rings (SSSR count). The molecular formula is C20H15NO2S. The number of nitrogens with one attached hydrogen (secondary N) is 1. The normalized spacial score (nSPS) is 11.0. The van der Waals surface area contributed by atoms with Gasteiger partial charge in [-0.15, -0.1) is 11.3 Å². The number of benzene rings is 2. The molecule has 2 aromatic carbocycles. The lowest BCUT2D eigenvalue weighted by molar-refractivity contribution is 0.476. The average molecular weight is 333 g/mol. The molecule has 4 aromatic rings. The summed E-state index contributed by atoms with van der Waals surface area (Å²) < 4.78 is 0. The Morgan fingerprint density at radius 2 is 1.54 bits per heavy atom. The van der Waals surface area contributed by atoms with Crippen LogP contribution in [0, 0.1) is 6.92 Å². The molecule has 0 saturated heterocycles. The third-order valence-corrected chi connectivity index (χ3v) is 5.15. The van der Waals surface area contributed by atoms with Crippen LogP contribution in [0.15, 0.2) is 64.8 Å². The summed E-state index contributed by atoms with van der Waals surface area (Å²) in [4.78, 5) is 15.3. The fourth-order valence-electron chi connectivity index (χ4n) is 2.86. The van der Waals surface area contributed by atoms with Gasteiger partial charge >= 0.3 is 0 Å². The van der Waals surface area contributed by atoms with Crippen LogP contribution in [-0.2, 0) is 0 Å². The van der Waals surface area contributed by atoms with Gasteiger partial charge in [-0.1, -0.05) is 54.6 Å². The first-order valence-electron chi connectivity index (χ1n) is 7.64. The number of pyridine rings is 1. The quantitative estimate of drug-likeness (QED) is 0.546. The lowest BCUT2D eigenvalue weighted by Crippen LogP contribution is -2.08. The van der Waals surface area contributed by atoms with Gasteiger partial charge in [0.2, 0.25) is 0 Å². The van der Waals surface area contributed by atoms with Crippen LogP contribution in [0.4, 0.5) is 0 Å². The van der Waals surface area contributed by atoms with Gasteiger partial charge in [0.1, 0.15) is 10.6 Å². The Kier molecular flexibility index (Phi) is 3.47. The van der Waals surface area contributed by atoms with Gasteiger partial charge in [0.15, 0.2) is 0 Å². The van der Waals surface area contributed by atoms with Crippen LogP contribution in [0.3, 0.4) is 0 Å². The van der Waals surface area contributed by atoms with Crippen molar-refractivity contribution < 1.29 is 5.11 Å². The summed E-state index contributed by atoms with van der Waals surface area (Å²) in [7, 11) is 0. The highest BCUT2D eigenvalue weighted by Gasteiger charge is 2.15. The number of rotatable bonds is 2. The smallest absolute Gasteiger partial charge is 0.255 e. The van der Waals surface area contributed by atoms with Crippen molar-refractivity contribution >= 4 is 21.6 Å². The number of H-pyrrole nitrogens is 1. The van der Waals surface area contributed by atoms with Crippen LogP contribution in [0.1, 0.15) is 5.56 Å². The molecule has 0 aliphatic rings. The van der Waals surface area contributed by atoms with Gasteiger partial charge in [-0.3, -0.25) is 4.79 Å². The number of aromatic nitrogens is 1. The molecular weight excluding hydrogens is 318 g/mol. The number of hydrogen-bond donors (Lipinski definition) is 2. The summed E-state index contributed by atoms with van der Waals surface area (Å²) in [5.41, 5.74) is 4.37. The summed E-state index contributed by atoms with van der Waals surface area (Å²) >= 11 is 1.43. The summed E-state index contributed by atoms with van der Waals surface area (Å²) in [5.74, 6) is 0.0668. The summed E-state index contributed by atoms with van der Waals surface area (Å²) in [6.45, 7) is 1.63. The SMILES string of the molecule is Cc1c(O)c2c(-c3ccc(-c4ccccc4)cc3)csc2[nH]c1=O. The van der Waals surface area contributed by atoms with E-state index < -0.39 is 0 Å². The van der Waals surface area contributed by atoms with Crippen molar-refractivity contribution in [2.45, 2.75) is 6.92 Å². The highest BCUT2D eigenvalue weighted by Crippen LogP contribution is 2.39. The van der Waals surface area contributed by atoms with Crippen LogP contribution in [-0.4, -0.2) is 10.1 Å². The van der Waals surface area contributed by atoms with Crippen LogP contribution >= 0.6 is 11.3 Å². The van der Waals surface area contributed by atoms with E-state index >= 15 is 0 Å². The third kappa shape index (κ3) is 2.32. The Morgan fingerprint density at radius 1 is 0.917 bits per heavy atom. The van der Waals surface area contributed by atoms with Gasteiger partial charge < -0.3 is 10.1 Å². The highest BCUT2D eigenvalue weighted by atomic mass is 32.1. The molecule has 0 amide bonds. The molecule has 0 aliphatic carbocycles. The molecule has 0 saturated carbocycles. The van der Waals surface area contributed by atoms with E-state index in [1.807, 2.05) is 35.7 Å². The zero-order valence-electron chi connectivity index (χ0n) is 13.0. The van der Waals surface area contributed by atoms with Gasteiger partial charge in [-0.2, -0.15) is 0 Å². The zero-order chi connectivity index (χ0) is 16.7. The Bertz CT molecular complexity index is 1080. The van der Waals surface area contributed by atoms with Gasteiger partial charge in [-0.05, 0) is 23.6 Å². The molecule has 3 nitrogen and oxygen atoms in total. The van der Waals surface area contributed by atoms with Crippen molar-refractivity contribution in [2.75, 3.05) is 0 Å². The van der Waals surface area contributed by atoms with Crippen LogP contribution in [0.2, 0.25) is 0 Å². The Morgan fingerprint density at radius 3 is 2.25 bits per heavy atom. The fourth-order valence-corrected chi connectivity index (χ4v) is 3.83. The number of aromatic amines is 1. The van der Waals surface area contributed by atoms with E-state index in [0.29, 0.717) is 15.8 Å². The van der Waals surface area contributed by atoms with Gasteiger partial charge in [0.05, 0.1) is 10.9 Å². The van der Waals surface area contributed by atoms with Crippen molar-refractivity contribution in [1.29, 1.82) is 0 Å². The molecule has 0 unspecified atom stereocenters. The molecule has 2 aromatic heterocycles. The number of fused-ring (bicyclic) bond motifs is 1. The standard InChI is InChI=1S/C20H15NO2S/c1-12-18(22)17-16(11-24-20(17)21-19(12)23)15-9-7-14(8-10-15)13-5-3-2-4-6-13/h2-11H,1H3,(H2,21,22,23). The molecule has 0 atom stereocenters. The predicted molar refractivity (Wildman–Crippen MR) is 99.7 cm³/mol. The summed E-state index contributed by atoms with van der Waals surface area (Å²) in [5, 5.41) is 13.1. The maximum absolute atomic E-state index is 11.8. The van der Waals surface area contributed by atoms with E-state index in [2.05, 4.69) is 29.2 Å².